The molecule has 0 saturated carbocycles. The lowest BCUT2D eigenvalue weighted by Crippen LogP contribution is -2.36. The second-order valence-corrected chi connectivity index (χ2v) is 7.91. The number of rotatable bonds is 6. The number of benzene rings is 2. The van der Waals surface area contributed by atoms with Gasteiger partial charge < -0.3 is 9.64 Å². The Morgan fingerprint density at radius 1 is 1.15 bits per heavy atom. The molecule has 0 atom stereocenters. The second kappa shape index (κ2) is 8.16. The number of halogens is 1. The molecule has 0 spiro atoms. The van der Waals surface area contributed by atoms with Crippen LogP contribution < -0.4 is 9.64 Å². The van der Waals surface area contributed by atoms with Gasteiger partial charge in [0.25, 0.3) is 5.91 Å². The van der Waals surface area contributed by atoms with Crippen molar-refractivity contribution in [3.8, 4) is 5.75 Å². The summed E-state index contributed by atoms with van der Waals surface area (Å²) in [6.45, 7) is 1.29. The predicted molar refractivity (Wildman–Crippen MR) is 111 cm³/mol. The van der Waals surface area contributed by atoms with E-state index < -0.39 is 0 Å². The number of amides is 1. The maximum absolute atomic E-state index is 13.2. The van der Waals surface area contributed by atoms with E-state index in [1.165, 1.54) is 11.3 Å². The smallest absolute Gasteiger partial charge is 0.261 e. The van der Waals surface area contributed by atoms with Crippen molar-refractivity contribution in [1.82, 2.24) is 9.88 Å². The molecule has 136 valence electrons. The first-order chi connectivity index (χ1) is 12.5. The average molecular weight is 434 g/mol. The summed E-state index contributed by atoms with van der Waals surface area (Å²) in [5.74, 6) is 0.642. The summed E-state index contributed by atoms with van der Waals surface area (Å²) in [7, 11) is 5.61. The predicted octanol–water partition coefficient (Wildman–Crippen LogP) is 4.28. The van der Waals surface area contributed by atoms with Crippen LogP contribution in [0.5, 0.6) is 5.75 Å². The highest BCUT2D eigenvalue weighted by Gasteiger charge is 2.23. The topological polar surface area (TPSA) is 45.7 Å². The zero-order chi connectivity index (χ0) is 18.7. The molecule has 0 radical (unpaired) electrons. The first-order valence-electron chi connectivity index (χ1n) is 8.16. The molecule has 26 heavy (non-hydrogen) atoms. The molecule has 0 fully saturated rings. The number of likely N-dealkylation sites (N-methyl/N-ethyl adjacent to an activating group) is 1. The summed E-state index contributed by atoms with van der Waals surface area (Å²) < 4.78 is 7.18. The van der Waals surface area contributed by atoms with E-state index in [9.17, 15) is 4.79 Å². The largest absolute Gasteiger partial charge is 0.494 e. The van der Waals surface area contributed by atoms with Crippen LogP contribution in [-0.2, 0) is 0 Å². The number of aromatic nitrogens is 1. The van der Waals surface area contributed by atoms with Crippen LogP contribution in [-0.4, -0.2) is 50.1 Å². The highest BCUT2D eigenvalue weighted by atomic mass is 79.9. The lowest BCUT2D eigenvalue weighted by Gasteiger charge is -2.22. The van der Waals surface area contributed by atoms with E-state index in [0.717, 1.165) is 21.2 Å². The number of para-hydroxylation sites is 1. The minimum absolute atomic E-state index is 0.0719. The quantitative estimate of drug-likeness (QED) is 0.581. The molecule has 0 aliphatic heterocycles. The Hall–Kier alpha value is -1.96. The van der Waals surface area contributed by atoms with E-state index in [1.54, 1.807) is 12.0 Å². The maximum Gasteiger partial charge on any atom is 0.261 e. The molecule has 0 N–H and O–H groups in total. The highest BCUT2D eigenvalue weighted by Crippen LogP contribution is 2.35. The van der Waals surface area contributed by atoms with Gasteiger partial charge in [-0.25, -0.2) is 4.98 Å². The van der Waals surface area contributed by atoms with Gasteiger partial charge in [0.15, 0.2) is 5.13 Å². The zero-order valence-corrected chi connectivity index (χ0v) is 17.3. The fourth-order valence-electron chi connectivity index (χ4n) is 2.56. The number of methoxy groups -OCH3 is 1. The first kappa shape index (κ1) is 18.8. The van der Waals surface area contributed by atoms with Crippen LogP contribution in [0.2, 0.25) is 0 Å². The van der Waals surface area contributed by atoms with E-state index in [1.807, 2.05) is 61.5 Å². The van der Waals surface area contributed by atoms with Crippen molar-refractivity contribution in [2.45, 2.75) is 0 Å². The molecule has 2 aromatic carbocycles. The van der Waals surface area contributed by atoms with Crippen LogP contribution >= 0.6 is 27.3 Å². The van der Waals surface area contributed by atoms with Gasteiger partial charge in [-0.2, -0.15) is 0 Å². The SMILES string of the molecule is COc1cccc2sc(N(CCN(C)C)C(=O)c3ccccc3Br)nc12. The molecule has 7 heteroatoms. The number of carbonyl (C=O) groups is 1. The van der Waals surface area contributed by atoms with Crippen LogP contribution in [0.25, 0.3) is 10.2 Å². The Labute approximate surface area is 165 Å². The number of nitrogens with zero attached hydrogens (tertiary/aromatic N) is 3. The number of hydrogen-bond donors (Lipinski definition) is 0. The maximum atomic E-state index is 13.2. The Morgan fingerprint density at radius 2 is 1.92 bits per heavy atom. The van der Waals surface area contributed by atoms with E-state index in [4.69, 9.17) is 9.72 Å². The van der Waals surface area contributed by atoms with Crippen molar-refractivity contribution in [2.75, 3.05) is 39.2 Å². The van der Waals surface area contributed by atoms with Crippen LogP contribution in [0.4, 0.5) is 5.13 Å². The van der Waals surface area contributed by atoms with Gasteiger partial charge in [0.2, 0.25) is 0 Å². The molecule has 0 bridgehead atoms. The van der Waals surface area contributed by atoms with Crippen LogP contribution in [0.3, 0.4) is 0 Å². The Balaban J connectivity index is 2.04. The molecular formula is C19H20BrN3O2S. The fourth-order valence-corrected chi connectivity index (χ4v) is 4.02. The molecule has 5 nitrogen and oxygen atoms in total. The molecule has 0 saturated heterocycles. The van der Waals surface area contributed by atoms with E-state index in [-0.39, 0.29) is 5.91 Å². The van der Waals surface area contributed by atoms with Crippen molar-refractivity contribution < 1.29 is 9.53 Å². The van der Waals surface area contributed by atoms with Crippen molar-refractivity contribution in [3.05, 3.63) is 52.5 Å². The molecule has 1 heterocycles. The van der Waals surface area contributed by atoms with Gasteiger partial charge in [0.1, 0.15) is 11.3 Å². The summed E-state index contributed by atoms with van der Waals surface area (Å²) in [6, 6.07) is 13.3. The highest BCUT2D eigenvalue weighted by molar-refractivity contribution is 9.10. The Kier molecular flexibility index (Phi) is 5.90. The lowest BCUT2D eigenvalue weighted by atomic mass is 10.2. The fraction of sp³-hybridized carbons (Fsp3) is 0.263. The summed E-state index contributed by atoms with van der Waals surface area (Å²) >= 11 is 4.98. The Morgan fingerprint density at radius 3 is 2.62 bits per heavy atom. The van der Waals surface area contributed by atoms with Gasteiger partial charge in [-0.3, -0.25) is 9.69 Å². The van der Waals surface area contributed by atoms with Crippen LogP contribution in [0.1, 0.15) is 10.4 Å². The van der Waals surface area contributed by atoms with Gasteiger partial charge in [-0.15, -0.1) is 0 Å². The van der Waals surface area contributed by atoms with Gasteiger partial charge in [-0.1, -0.05) is 29.5 Å². The average Bonchev–Trinajstić information content (AvgIpc) is 3.05. The third-order valence-electron chi connectivity index (χ3n) is 3.94. The molecule has 1 amide bonds. The van der Waals surface area contributed by atoms with Gasteiger partial charge >= 0.3 is 0 Å². The third kappa shape index (κ3) is 3.90. The van der Waals surface area contributed by atoms with E-state index in [0.29, 0.717) is 23.0 Å². The van der Waals surface area contributed by atoms with E-state index >= 15 is 0 Å². The number of ether oxygens (including phenoxy) is 1. The van der Waals surface area contributed by atoms with Gasteiger partial charge in [-0.05, 0) is 54.3 Å². The van der Waals surface area contributed by atoms with Crippen molar-refractivity contribution in [2.24, 2.45) is 0 Å². The normalized spacial score (nSPS) is 11.1. The molecular weight excluding hydrogens is 414 g/mol. The summed E-state index contributed by atoms with van der Waals surface area (Å²) in [4.78, 5) is 21.7. The standard InChI is InChI=1S/C19H20BrN3O2S/c1-22(2)11-12-23(18(24)13-7-4-5-8-14(13)20)19-21-17-15(25-3)9-6-10-16(17)26-19/h4-10H,11-12H2,1-3H3. The van der Waals surface area contributed by atoms with Crippen LogP contribution in [0, 0.1) is 0 Å². The third-order valence-corrected chi connectivity index (χ3v) is 5.68. The summed E-state index contributed by atoms with van der Waals surface area (Å²) in [5.41, 5.74) is 1.40. The molecule has 3 rings (SSSR count). The molecule has 0 aliphatic rings. The van der Waals surface area contributed by atoms with Gasteiger partial charge in [0.05, 0.1) is 17.4 Å². The number of thiazole rings is 1. The van der Waals surface area contributed by atoms with Crippen molar-refractivity contribution in [3.63, 3.8) is 0 Å². The summed E-state index contributed by atoms with van der Waals surface area (Å²) in [6.07, 6.45) is 0. The molecule has 1 aromatic heterocycles. The number of anilines is 1. The van der Waals surface area contributed by atoms with Crippen molar-refractivity contribution in [1.29, 1.82) is 0 Å². The second-order valence-electron chi connectivity index (χ2n) is 6.04. The van der Waals surface area contributed by atoms with Crippen LogP contribution in [0.15, 0.2) is 46.9 Å². The van der Waals surface area contributed by atoms with Crippen molar-refractivity contribution >= 4 is 48.5 Å². The first-order valence-corrected chi connectivity index (χ1v) is 9.77. The number of hydrogen-bond acceptors (Lipinski definition) is 5. The lowest BCUT2D eigenvalue weighted by molar-refractivity contribution is 0.0984. The van der Waals surface area contributed by atoms with Gasteiger partial charge in [0, 0.05) is 17.6 Å². The molecule has 3 aromatic rings. The number of carbonyl (C=O) groups excluding carboxylic acids is 1. The molecule has 0 aliphatic carbocycles. The zero-order valence-electron chi connectivity index (χ0n) is 14.9. The Bertz CT molecular complexity index is 926. The monoisotopic (exact) mass is 433 g/mol. The summed E-state index contributed by atoms with van der Waals surface area (Å²) in [5, 5.41) is 0.673. The van der Waals surface area contributed by atoms with E-state index in [2.05, 4.69) is 15.9 Å². The molecule has 0 unspecified atom stereocenters. The minimum atomic E-state index is -0.0719. The minimum Gasteiger partial charge on any atom is -0.494 e. The number of fused-ring (bicyclic) bond motifs is 1.